The first-order valence-corrected chi connectivity index (χ1v) is 7.15. The number of benzene rings is 2. The Bertz CT molecular complexity index is 771. The molecule has 0 saturated heterocycles. The van der Waals surface area contributed by atoms with Gasteiger partial charge in [-0.15, -0.1) is 0 Å². The number of rotatable bonds is 4. The molecule has 1 unspecified atom stereocenters. The number of hydrogen-bond acceptors (Lipinski definition) is 4. The molecule has 0 aliphatic rings. The van der Waals surface area contributed by atoms with Crippen molar-refractivity contribution in [2.75, 3.05) is 0 Å². The topological polar surface area (TPSA) is 84.0 Å². The summed E-state index contributed by atoms with van der Waals surface area (Å²) < 4.78 is 25.5. The van der Waals surface area contributed by atoms with Crippen LogP contribution in [0, 0.1) is 27.3 Å². The third-order valence-electron chi connectivity index (χ3n) is 2.78. The van der Waals surface area contributed by atoms with Crippen LogP contribution in [-0.4, -0.2) is 9.13 Å². The van der Waals surface area contributed by atoms with Crippen LogP contribution < -0.4 is 0 Å². The molecule has 2 aromatic carbocycles. The highest BCUT2D eigenvalue weighted by atomic mass is 32.2. The van der Waals surface area contributed by atoms with Crippen LogP contribution >= 0.6 is 0 Å². The lowest BCUT2D eigenvalue weighted by Gasteiger charge is -2.05. The van der Waals surface area contributed by atoms with Crippen molar-refractivity contribution in [3.05, 3.63) is 69.5 Å². The molecule has 0 heterocycles. The molecule has 21 heavy (non-hydrogen) atoms. The molecule has 0 aliphatic heterocycles. The third-order valence-corrected chi connectivity index (χ3v) is 4.19. The number of nitro benzene ring substituents is 1. The van der Waals surface area contributed by atoms with E-state index in [9.17, 15) is 18.7 Å². The lowest BCUT2D eigenvalue weighted by Crippen LogP contribution is -2.03. The summed E-state index contributed by atoms with van der Waals surface area (Å²) in [6.45, 7) is 0. The Morgan fingerprint density at radius 1 is 1.29 bits per heavy atom. The quantitative estimate of drug-likeness (QED) is 0.642. The fourth-order valence-electron chi connectivity index (χ4n) is 1.81. The molecule has 0 amide bonds. The molecule has 0 radical (unpaired) electrons. The van der Waals surface area contributed by atoms with Crippen molar-refractivity contribution in [1.82, 2.24) is 0 Å². The summed E-state index contributed by atoms with van der Waals surface area (Å²) in [4.78, 5) is 10.3. The Morgan fingerprint density at radius 3 is 2.67 bits per heavy atom. The third kappa shape index (κ3) is 3.30. The van der Waals surface area contributed by atoms with Crippen molar-refractivity contribution in [3.8, 4) is 6.07 Å². The first kappa shape index (κ1) is 14.8. The Morgan fingerprint density at radius 2 is 2.00 bits per heavy atom. The normalized spacial score (nSPS) is 11.6. The molecule has 5 nitrogen and oxygen atoms in total. The van der Waals surface area contributed by atoms with Crippen LogP contribution in [0.25, 0.3) is 0 Å². The average molecular weight is 304 g/mol. The zero-order valence-corrected chi connectivity index (χ0v) is 11.5. The van der Waals surface area contributed by atoms with Gasteiger partial charge in [-0.3, -0.25) is 14.3 Å². The lowest BCUT2D eigenvalue weighted by molar-refractivity contribution is -0.387. The van der Waals surface area contributed by atoms with Gasteiger partial charge in [-0.05, 0) is 29.8 Å². The minimum Gasteiger partial charge on any atom is -0.258 e. The number of nitriles is 1. The van der Waals surface area contributed by atoms with E-state index in [4.69, 9.17) is 5.26 Å². The number of halogens is 1. The second-order valence-electron chi connectivity index (χ2n) is 4.13. The zero-order chi connectivity index (χ0) is 15.4. The Kier molecular flexibility index (Phi) is 4.40. The van der Waals surface area contributed by atoms with Crippen LogP contribution in [0.15, 0.2) is 47.4 Å². The molecular weight excluding hydrogens is 295 g/mol. The minimum atomic E-state index is -1.75. The Balaban J connectivity index is 2.38. The van der Waals surface area contributed by atoms with Gasteiger partial charge in [0.05, 0.1) is 33.1 Å². The highest BCUT2D eigenvalue weighted by molar-refractivity contribution is 7.84. The van der Waals surface area contributed by atoms with E-state index in [2.05, 4.69) is 0 Å². The fourth-order valence-corrected chi connectivity index (χ4v) is 3.09. The Hall–Kier alpha value is -2.59. The molecule has 0 saturated carbocycles. The van der Waals surface area contributed by atoms with Crippen LogP contribution in [0.4, 0.5) is 10.1 Å². The van der Waals surface area contributed by atoms with Gasteiger partial charge in [0.15, 0.2) is 0 Å². The molecule has 0 bridgehead atoms. The molecule has 0 N–H and O–H groups in total. The summed E-state index contributed by atoms with van der Waals surface area (Å²) in [5.41, 5.74) is 0.197. The maximum Gasteiger partial charge on any atom is 0.285 e. The molecule has 0 fully saturated rings. The van der Waals surface area contributed by atoms with E-state index in [0.717, 1.165) is 12.1 Å². The standard InChI is InChI=1S/C14H9FN2O3S/c15-12-6-5-10(8-16)11(7-12)9-21(20)14-4-2-1-3-13(14)17(18)19/h1-7H,9H2. The smallest absolute Gasteiger partial charge is 0.258 e. The highest BCUT2D eigenvalue weighted by Crippen LogP contribution is 2.24. The molecule has 2 rings (SSSR count). The largest absolute Gasteiger partial charge is 0.285 e. The summed E-state index contributed by atoms with van der Waals surface area (Å²) in [7, 11) is -1.75. The molecular formula is C14H9FN2O3S. The van der Waals surface area contributed by atoms with E-state index in [1.165, 1.54) is 30.3 Å². The molecule has 0 aromatic heterocycles. The van der Waals surface area contributed by atoms with Crippen LogP contribution in [0.1, 0.15) is 11.1 Å². The Labute approximate surface area is 122 Å². The van der Waals surface area contributed by atoms with Gasteiger partial charge < -0.3 is 0 Å². The molecule has 7 heteroatoms. The molecule has 106 valence electrons. The van der Waals surface area contributed by atoms with E-state index >= 15 is 0 Å². The predicted octanol–water partition coefficient (Wildman–Crippen LogP) is 2.91. The van der Waals surface area contributed by atoms with E-state index in [0.29, 0.717) is 0 Å². The van der Waals surface area contributed by atoms with Crippen molar-refractivity contribution in [1.29, 1.82) is 5.26 Å². The molecule has 1 atom stereocenters. The van der Waals surface area contributed by atoms with Crippen LogP contribution in [0.3, 0.4) is 0 Å². The summed E-state index contributed by atoms with van der Waals surface area (Å²) >= 11 is 0. The highest BCUT2D eigenvalue weighted by Gasteiger charge is 2.19. The number of para-hydroxylation sites is 1. The molecule has 0 spiro atoms. The summed E-state index contributed by atoms with van der Waals surface area (Å²) in [6, 6.07) is 11.1. The summed E-state index contributed by atoms with van der Waals surface area (Å²) in [6.07, 6.45) is 0. The molecule has 0 aliphatic carbocycles. The van der Waals surface area contributed by atoms with Crippen LogP contribution in [-0.2, 0) is 16.6 Å². The predicted molar refractivity (Wildman–Crippen MR) is 74.3 cm³/mol. The summed E-state index contributed by atoms with van der Waals surface area (Å²) in [5.74, 6) is -0.713. The van der Waals surface area contributed by atoms with Crippen molar-refractivity contribution in [2.24, 2.45) is 0 Å². The maximum atomic E-state index is 13.2. The minimum absolute atomic E-state index is 0.0515. The second-order valence-corrected chi connectivity index (χ2v) is 5.55. The van der Waals surface area contributed by atoms with Gasteiger partial charge in [0.25, 0.3) is 5.69 Å². The van der Waals surface area contributed by atoms with Crippen molar-refractivity contribution in [3.63, 3.8) is 0 Å². The second kappa shape index (κ2) is 6.24. The fraction of sp³-hybridized carbons (Fsp3) is 0.0714. The van der Waals surface area contributed by atoms with Crippen molar-refractivity contribution in [2.45, 2.75) is 10.6 Å². The zero-order valence-electron chi connectivity index (χ0n) is 10.7. The van der Waals surface area contributed by atoms with Gasteiger partial charge in [0.2, 0.25) is 0 Å². The van der Waals surface area contributed by atoms with Gasteiger partial charge in [0, 0.05) is 6.07 Å². The van der Waals surface area contributed by atoms with Gasteiger partial charge in [-0.25, -0.2) is 4.39 Å². The van der Waals surface area contributed by atoms with Crippen molar-refractivity contribution >= 4 is 16.5 Å². The van der Waals surface area contributed by atoms with E-state index in [1.807, 2.05) is 6.07 Å². The van der Waals surface area contributed by atoms with Gasteiger partial charge in [-0.2, -0.15) is 5.26 Å². The van der Waals surface area contributed by atoms with Gasteiger partial charge in [0.1, 0.15) is 10.7 Å². The lowest BCUT2D eigenvalue weighted by atomic mass is 10.1. The van der Waals surface area contributed by atoms with Crippen LogP contribution in [0.5, 0.6) is 0 Å². The van der Waals surface area contributed by atoms with E-state index in [1.54, 1.807) is 0 Å². The SMILES string of the molecule is N#Cc1ccc(F)cc1CS(=O)c1ccccc1[N+](=O)[O-]. The maximum absolute atomic E-state index is 13.2. The van der Waals surface area contributed by atoms with Gasteiger partial charge >= 0.3 is 0 Å². The number of nitro groups is 1. The molecule has 2 aromatic rings. The van der Waals surface area contributed by atoms with Gasteiger partial charge in [-0.1, -0.05) is 12.1 Å². The van der Waals surface area contributed by atoms with Crippen molar-refractivity contribution < 1.29 is 13.5 Å². The first-order valence-electron chi connectivity index (χ1n) is 5.83. The van der Waals surface area contributed by atoms with E-state index < -0.39 is 21.5 Å². The average Bonchev–Trinajstić information content (AvgIpc) is 2.47. The summed E-state index contributed by atoms with van der Waals surface area (Å²) in [5, 5.41) is 19.9. The first-order chi connectivity index (χ1) is 10.0. The van der Waals surface area contributed by atoms with E-state index in [-0.39, 0.29) is 27.5 Å². The number of hydrogen-bond donors (Lipinski definition) is 0. The number of nitrogens with zero attached hydrogens (tertiary/aromatic N) is 2. The van der Waals surface area contributed by atoms with Crippen LogP contribution in [0.2, 0.25) is 0 Å². The monoisotopic (exact) mass is 304 g/mol.